The molecule has 1 atom stereocenters. The first-order chi connectivity index (χ1) is 10.8. The summed E-state index contributed by atoms with van der Waals surface area (Å²) in [7, 11) is -2.53. The van der Waals surface area contributed by atoms with Crippen molar-refractivity contribution in [2.24, 2.45) is 0 Å². The summed E-state index contributed by atoms with van der Waals surface area (Å²) >= 11 is 0. The molecule has 0 aromatic heterocycles. The van der Waals surface area contributed by atoms with Crippen LogP contribution in [0.2, 0.25) is 0 Å². The maximum atomic E-state index is 12.8. The fourth-order valence-electron chi connectivity index (χ4n) is 2.04. The van der Waals surface area contributed by atoms with Crippen LogP contribution in [0.4, 0.5) is 0 Å². The molecule has 0 bridgehead atoms. The Labute approximate surface area is 163 Å². The monoisotopic (exact) mass is 350 g/mol. The molecule has 0 saturated carbocycles. The van der Waals surface area contributed by atoms with E-state index >= 15 is 0 Å². The molecule has 23 heavy (non-hydrogen) atoms. The average molecular weight is 350 g/mol. The standard InChI is InChI=1S/C18H15O2PS.Na.H/c19-22(20-16-10-4-1-5-11-16)21(17-12-6-2-7-13-17)18-14-8-3-9-15-18;;/h1-15H;;/q;+1;-1. The first-order valence-electron chi connectivity index (χ1n) is 6.90. The van der Waals surface area contributed by atoms with E-state index in [1.165, 1.54) is 0 Å². The van der Waals surface area contributed by atoms with Crippen molar-refractivity contribution in [3.05, 3.63) is 91.0 Å². The molecule has 1 unspecified atom stereocenters. The summed E-state index contributed by atoms with van der Waals surface area (Å²) in [6.07, 6.45) is 0. The zero-order chi connectivity index (χ0) is 15.2. The van der Waals surface area contributed by atoms with E-state index in [1.54, 1.807) is 0 Å². The Kier molecular flexibility index (Phi) is 7.48. The predicted molar refractivity (Wildman–Crippen MR) is 95.4 cm³/mol. The normalized spacial score (nSPS) is 11.5. The zero-order valence-electron chi connectivity index (χ0n) is 13.8. The van der Waals surface area contributed by atoms with Crippen molar-refractivity contribution >= 4 is 28.4 Å². The third kappa shape index (κ3) is 5.00. The van der Waals surface area contributed by atoms with Crippen LogP contribution in [0.3, 0.4) is 0 Å². The Bertz CT molecular complexity index is 705. The number of rotatable bonds is 5. The molecular weight excluding hydrogens is 334 g/mol. The Morgan fingerprint density at radius 3 is 1.52 bits per heavy atom. The number of hydrogen-bond acceptors (Lipinski definition) is 2. The fraction of sp³-hybridized carbons (Fsp3) is 0. The third-order valence-electron chi connectivity index (χ3n) is 3.04. The maximum Gasteiger partial charge on any atom is 1.00 e. The zero-order valence-corrected chi connectivity index (χ0v) is 16.5. The minimum absolute atomic E-state index is 0. The van der Waals surface area contributed by atoms with Crippen molar-refractivity contribution in [2.45, 2.75) is 0 Å². The molecule has 0 spiro atoms. The molecule has 0 saturated heterocycles. The molecule has 0 fully saturated rings. The molecule has 0 aliphatic carbocycles. The molecule has 112 valence electrons. The Hall–Kier alpha value is -0.960. The largest absolute Gasteiger partial charge is 1.00 e. The van der Waals surface area contributed by atoms with Crippen molar-refractivity contribution < 1.29 is 39.4 Å². The van der Waals surface area contributed by atoms with Crippen LogP contribution in [0, 0.1) is 0 Å². The summed E-state index contributed by atoms with van der Waals surface area (Å²) in [5, 5.41) is 2.08. The van der Waals surface area contributed by atoms with Crippen molar-refractivity contribution in [1.29, 1.82) is 0 Å². The van der Waals surface area contributed by atoms with Crippen LogP contribution in [0.5, 0.6) is 5.75 Å². The second kappa shape index (κ2) is 9.36. The molecule has 0 aliphatic rings. The molecule has 0 amide bonds. The number of benzene rings is 3. The molecule has 3 aromatic carbocycles. The molecule has 0 aliphatic heterocycles. The van der Waals surface area contributed by atoms with Crippen LogP contribution in [0.25, 0.3) is 0 Å². The van der Waals surface area contributed by atoms with E-state index in [-0.39, 0.29) is 31.0 Å². The summed E-state index contributed by atoms with van der Waals surface area (Å²) in [4.78, 5) is 0. The SMILES string of the molecule is O=S(Oc1ccccc1)P(c1ccccc1)c1ccccc1.[H-].[Na+]. The van der Waals surface area contributed by atoms with Gasteiger partial charge in [0, 0.05) is 0 Å². The van der Waals surface area contributed by atoms with Gasteiger partial charge in [0.1, 0.15) is 5.75 Å². The van der Waals surface area contributed by atoms with Gasteiger partial charge in [-0.15, -0.1) is 0 Å². The summed E-state index contributed by atoms with van der Waals surface area (Å²) in [6.45, 7) is 0. The van der Waals surface area contributed by atoms with Crippen LogP contribution < -0.4 is 44.3 Å². The maximum absolute atomic E-state index is 12.8. The van der Waals surface area contributed by atoms with E-state index in [9.17, 15) is 4.21 Å². The molecule has 2 nitrogen and oxygen atoms in total. The van der Waals surface area contributed by atoms with Crippen LogP contribution in [-0.2, 0) is 10.7 Å². The van der Waals surface area contributed by atoms with Crippen molar-refractivity contribution in [3.8, 4) is 5.75 Å². The Morgan fingerprint density at radius 1 is 0.696 bits per heavy atom. The third-order valence-corrected chi connectivity index (χ3v) is 7.59. The van der Waals surface area contributed by atoms with E-state index < -0.39 is 17.8 Å². The van der Waals surface area contributed by atoms with Crippen molar-refractivity contribution in [1.82, 2.24) is 0 Å². The van der Waals surface area contributed by atoms with Gasteiger partial charge in [0.15, 0.2) is 0 Å². The second-order valence-corrected chi connectivity index (χ2v) is 8.79. The summed E-state index contributed by atoms with van der Waals surface area (Å²) in [5.74, 6) is 0.625. The van der Waals surface area contributed by atoms with Gasteiger partial charge in [0.2, 0.25) is 10.7 Å². The van der Waals surface area contributed by atoms with Gasteiger partial charge in [-0.2, -0.15) is 0 Å². The van der Waals surface area contributed by atoms with Gasteiger partial charge in [-0.05, 0) is 22.7 Å². The quantitative estimate of drug-likeness (QED) is 0.505. The smallest absolute Gasteiger partial charge is 1.00 e. The Morgan fingerprint density at radius 2 is 1.09 bits per heavy atom. The number of hydrogen-bond donors (Lipinski definition) is 0. The summed E-state index contributed by atoms with van der Waals surface area (Å²) in [5.41, 5.74) is 0. The van der Waals surface area contributed by atoms with E-state index in [0.717, 1.165) is 10.6 Å². The first kappa shape index (κ1) is 18.4. The van der Waals surface area contributed by atoms with Gasteiger partial charge in [0.05, 0.1) is 7.12 Å². The predicted octanol–water partition coefficient (Wildman–Crippen LogP) is 0.893. The number of para-hydroxylation sites is 1. The second-order valence-electron chi connectivity index (χ2n) is 4.58. The molecule has 3 aromatic rings. The first-order valence-corrected chi connectivity index (χ1v) is 9.92. The fourth-order valence-corrected chi connectivity index (χ4v) is 6.17. The van der Waals surface area contributed by atoms with E-state index in [1.807, 2.05) is 91.0 Å². The van der Waals surface area contributed by atoms with Crippen LogP contribution in [0.15, 0.2) is 91.0 Å². The van der Waals surface area contributed by atoms with Crippen LogP contribution >= 0.6 is 7.12 Å². The van der Waals surface area contributed by atoms with E-state index in [4.69, 9.17) is 4.18 Å². The summed E-state index contributed by atoms with van der Waals surface area (Å²) in [6, 6.07) is 29.1. The van der Waals surface area contributed by atoms with Gasteiger partial charge in [-0.1, -0.05) is 78.9 Å². The Balaban J connectivity index is 0.00000144. The van der Waals surface area contributed by atoms with Gasteiger partial charge in [-0.25, -0.2) is 4.21 Å². The van der Waals surface area contributed by atoms with Gasteiger partial charge >= 0.3 is 29.6 Å². The average Bonchev–Trinajstić information content (AvgIpc) is 2.58. The van der Waals surface area contributed by atoms with Gasteiger partial charge in [-0.3, -0.25) is 0 Å². The van der Waals surface area contributed by atoms with Crippen LogP contribution in [-0.4, -0.2) is 4.21 Å². The van der Waals surface area contributed by atoms with Gasteiger partial charge < -0.3 is 5.61 Å². The molecule has 0 N–H and O–H groups in total. The molecule has 3 rings (SSSR count). The van der Waals surface area contributed by atoms with E-state index in [0.29, 0.717) is 5.75 Å². The molecule has 0 heterocycles. The minimum atomic E-state index is -1.45. The van der Waals surface area contributed by atoms with E-state index in [2.05, 4.69) is 0 Å². The minimum Gasteiger partial charge on any atom is -1.00 e. The van der Waals surface area contributed by atoms with Gasteiger partial charge in [0.25, 0.3) is 0 Å². The van der Waals surface area contributed by atoms with Crippen LogP contribution in [0.1, 0.15) is 1.43 Å². The van der Waals surface area contributed by atoms with Crippen molar-refractivity contribution in [3.63, 3.8) is 0 Å². The topological polar surface area (TPSA) is 26.3 Å². The van der Waals surface area contributed by atoms with Crippen molar-refractivity contribution in [2.75, 3.05) is 0 Å². The molecule has 5 heteroatoms. The molecular formula is C18H16NaO2PS. The summed E-state index contributed by atoms with van der Waals surface area (Å²) < 4.78 is 18.5. The molecule has 0 radical (unpaired) electrons.